The Kier molecular flexibility index (Phi) is 6.84. The molecule has 0 aliphatic heterocycles. The molecule has 9 nitrogen and oxygen atoms in total. The fourth-order valence-electron chi connectivity index (χ4n) is 3.57. The van der Waals surface area contributed by atoms with Crippen molar-refractivity contribution in [3.8, 4) is 0 Å². The van der Waals surface area contributed by atoms with E-state index in [0.717, 1.165) is 33.5 Å². The Hall–Kier alpha value is -3.49. The maximum atomic E-state index is 12.3. The Morgan fingerprint density at radius 3 is 2.55 bits per heavy atom. The summed E-state index contributed by atoms with van der Waals surface area (Å²) in [5, 5.41) is 22.2. The zero-order valence-electron chi connectivity index (χ0n) is 18.3. The van der Waals surface area contributed by atoms with E-state index in [1.54, 1.807) is 12.1 Å². The van der Waals surface area contributed by atoms with Crippen molar-refractivity contribution in [2.75, 3.05) is 18.4 Å². The van der Waals surface area contributed by atoms with Crippen LogP contribution in [0.1, 0.15) is 43.1 Å². The molecule has 2 aromatic heterocycles. The number of hydrogen-bond donors (Lipinski definition) is 2. The van der Waals surface area contributed by atoms with Gasteiger partial charge in [0.15, 0.2) is 5.65 Å². The highest BCUT2D eigenvalue weighted by molar-refractivity contribution is 5.81. The topological polar surface area (TPSA) is 115 Å². The van der Waals surface area contributed by atoms with Crippen molar-refractivity contribution in [3.63, 3.8) is 0 Å². The van der Waals surface area contributed by atoms with Crippen LogP contribution in [0.25, 0.3) is 11.0 Å². The molecular formula is C22H28N6O3. The molecule has 2 heterocycles. The first kappa shape index (κ1) is 22.2. The SMILES string of the molecule is Cc1nc2c(cnn2C(C)C)c(C)c1CCC(=O)NCCNc1ccc([N+](=O)[O-])cc1. The van der Waals surface area contributed by atoms with Crippen molar-refractivity contribution in [1.82, 2.24) is 20.1 Å². The lowest BCUT2D eigenvalue weighted by molar-refractivity contribution is -0.384. The first-order valence-electron chi connectivity index (χ1n) is 10.4. The quantitative estimate of drug-likeness (QED) is 0.307. The monoisotopic (exact) mass is 424 g/mol. The van der Waals surface area contributed by atoms with Crippen molar-refractivity contribution in [3.05, 3.63) is 57.4 Å². The summed E-state index contributed by atoms with van der Waals surface area (Å²) in [6.45, 7) is 9.19. The summed E-state index contributed by atoms with van der Waals surface area (Å²) >= 11 is 0. The lowest BCUT2D eigenvalue weighted by atomic mass is 10.0. The number of carbonyl (C=O) groups excluding carboxylic acids is 1. The summed E-state index contributed by atoms with van der Waals surface area (Å²) in [4.78, 5) is 27.3. The minimum atomic E-state index is -0.433. The number of pyridine rings is 1. The molecule has 0 atom stereocenters. The smallest absolute Gasteiger partial charge is 0.269 e. The first-order chi connectivity index (χ1) is 14.8. The maximum absolute atomic E-state index is 12.3. The Morgan fingerprint density at radius 1 is 1.19 bits per heavy atom. The standard InChI is InChI=1S/C22H28N6O3/c1-14(2)27-22-20(13-25-27)15(3)19(16(4)26-22)9-10-21(29)24-12-11-23-17-5-7-18(8-6-17)28(30)31/h5-8,13-14,23H,9-12H2,1-4H3,(H,24,29). The second-order valence-corrected chi connectivity index (χ2v) is 7.80. The van der Waals surface area contributed by atoms with Crippen LogP contribution in [0, 0.1) is 24.0 Å². The number of benzene rings is 1. The van der Waals surface area contributed by atoms with Crippen molar-refractivity contribution >= 4 is 28.3 Å². The molecule has 3 aromatic rings. The first-order valence-corrected chi connectivity index (χ1v) is 10.4. The molecule has 0 fully saturated rings. The van der Waals surface area contributed by atoms with Crippen molar-refractivity contribution in [2.45, 2.75) is 46.6 Å². The molecular weight excluding hydrogens is 396 g/mol. The van der Waals surface area contributed by atoms with E-state index in [-0.39, 0.29) is 17.6 Å². The summed E-state index contributed by atoms with van der Waals surface area (Å²) in [6, 6.07) is 6.43. The normalized spacial score (nSPS) is 11.1. The average molecular weight is 425 g/mol. The number of aryl methyl sites for hydroxylation is 2. The zero-order chi connectivity index (χ0) is 22.5. The minimum absolute atomic E-state index is 0.0257. The predicted molar refractivity (Wildman–Crippen MR) is 120 cm³/mol. The molecule has 0 saturated carbocycles. The fraction of sp³-hybridized carbons (Fsp3) is 0.409. The summed E-state index contributed by atoms with van der Waals surface area (Å²) < 4.78 is 1.92. The van der Waals surface area contributed by atoms with Gasteiger partial charge in [0, 0.05) is 54.5 Å². The van der Waals surface area contributed by atoms with Crippen LogP contribution < -0.4 is 10.6 Å². The van der Waals surface area contributed by atoms with Crippen LogP contribution >= 0.6 is 0 Å². The third kappa shape index (κ3) is 5.17. The molecule has 9 heteroatoms. The van der Waals surface area contributed by atoms with Crippen LogP contribution in [0.15, 0.2) is 30.5 Å². The second-order valence-electron chi connectivity index (χ2n) is 7.80. The molecule has 3 rings (SSSR count). The Balaban J connectivity index is 1.50. The average Bonchev–Trinajstić information content (AvgIpc) is 3.15. The third-order valence-corrected chi connectivity index (χ3v) is 5.28. The maximum Gasteiger partial charge on any atom is 0.269 e. The number of rotatable bonds is 9. The van der Waals surface area contributed by atoms with Crippen LogP contribution in [0.2, 0.25) is 0 Å². The number of anilines is 1. The molecule has 0 spiro atoms. The molecule has 1 aromatic carbocycles. The van der Waals surface area contributed by atoms with Crippen LogP contribution in [-0.2, 0) is 11.2 Å². The third-order valence-electron chi connectivity index (χ3n) is 5.28. The number of amides is 1. The molecule has 31 heavy (non-hydrogen) atoms. The highest BCUT2D eigenvalue weighted by Crippen LogP contribution is 2.25. The molecule has 0 bridgehead atoms. The molecule has 0 aliphatic rings. The molecule has 0 saturated heterocycles. The Labute approximate surface area is 181 Å². The molecule has 164 valence electrons. The summed E-state index contributed by atoms with van der Waals surface area (Å²) in [7, 11) is 0. The molecule has 0 unspecified atom stereocenters. The summed E-state index contributed by atoms with van der Waals surface area (Å²) in [5.74, 6) is -0.0257. The molecule has 0 aliphatic carbocycles. The Bertz CT molecular complexity index is 1090. The van der Waals surface area contributed by atoms with Gasteiger partial charge >= 0.3 is 0 Å². The number of carbonyl (C=O) groups is 1. The van der Waals surface area contributed by atoms with E-state index in [9.17, 15) is 14.9 Å². The number of aromatic nitrogens is 3. The van der Waals surface area contributed by atoms with Crippen LogP contribution in [0.3, 0.4) is 0 Å². The van der Waals surface area contributed by atoms with Crippen LogP contribution in [0.5, 0.6) is 0 Å². The van der Waals surface area contributed by atoms with Gasteiger partial charge in [-0.25, -0.2) is 9.67 Å². The minimum Gasteiger partial charge on any atom is -0.383 e. The number of fused-ring (bicyclic) bond motifs is 1. The van der Waals surface area contributed by atoms with E-state index in [4.69, 9.17) is 4.98 Å². The van der Waals surface area contributed by atoms with Gasteiger partial charge in [0.25, 0.3) is 5.69 Å². The van der Waals surface area contributed by atoms with E-state index < -0.39 is 4.92 Å². The lowest BCUT2D eigenvalue weighted by Crippen LogP contribution is -2.29. The number of non-ortho nitro benzene ring substituents is 1. The summed E-state index contributed by atoms with van der Waals surface area (Å²) in [6.07, 6.45) is 2.85. The van der Waals surface area contributed by atoms with Gasteiger partial charge in [-0.05, 0) is 57.4 Å². The van der Waals surface area contributed by atoms with Gasteiger partial charge in [-0.3, -0.25) is 14.9 Å². The van der Waals surface area contributed by atoms with E-state index in [1.165, 1.54) is 12.1 Å². The van der Waals surface area contributed by atoms with Crippen molar-refractivity contribution in [1.29, 1.82) is 0 Å². The van der Waals surface area contributed by atoms with E-state index in [0.29, 0.717) is 25.9 Å². The van der Waals surface area contributed by atoms with Crippen molar-refractivity contribution < 1.29 is 9.72 Å². The van der Waals surface area contributed by atoms with Crippen molar-refractivity contribution in [2.24, 2.45) is 0 Å². The largest absolute Gasteiger partial charge is 0.383 e. The zero-order valence-corrected chi connectivity index (χ0v) is 18.3. The number of hydrogen-bond acceptors (Lipinski definition) is 6. The van der Waals surface area contributed by atoms with E-state index in [1.807, 2.05) is 17.8 Å². The molecule has 0 radical (unpaired) electrons. The van der Waals surface area contributed by atoms with Gasteiger partial charge in [0.1, 0.15) is 0 Å². The fourth-order valence-corrected chi connectivity index (χ4v) is 3.57. The molecule has 2 N–H and O–H groups in total. The van der Waals surface area contributed by atoms with Crippen LogP contribution in [0.4, 0.5) is 11.4 Å². The second kappa shape index (κ2) is 9.55. The van der Waals surface area contributed by atoms with Gasteiger partial charge in [0.2, 0.25) is 5.91 Å². The highest BCUT2D eigenvalue weighted by Gasteiger charge is 2.15. The van der Waals surface area contributed by atoms with Gasteiger partial charge in [-0.15, -0.1) is 0 Å². The van der Waals surface area contributed by atoms with Gasteiger partial charge in [-0.2, -0.15) is 5.10 Å². The van der Waals surface area contributed by atoms with Crippen LogP contribution in [-0.4, -0.2) is 38.7 Å². The van der Waals surface area contributed by atoms with E-state index >= 15 is 0 Å². The highest BCUT2D eigenvalue weighted by atomic mass is 16.6. The van der Waals surface area contributed by atoms with Gasteiger partial charge < -0.3 is 10.6 Å². The lowest BCUT2D eigenvalue weighted by Gasteiger charge is -2.13. The Morgan fingerprint density at radius 2 is 1.90 bits per heavy atom. The predicted octanol–water partition coefficient (Wildman–Crippen LogP) is 3.70. The van der Waals surface area contributed by atoms with E-state index in [2.05, 4.69) is 36.5 Å². The van der Waals surface area contributed by atoms with Gasteiger partial charge in [-0.1, -0.05) is 0 Å². The van der Waals surface area contributed by atoms with Gasteiger partial charge in [0.05, 0.1) is 11.1 Å². The number of nitrogens with zero attached hydrogens (tertiary/aromatic N) is 4. The number of nitrogens with one attached hydrogen (secondary N) is 2. The summed E-state index contributed by atoms with van der Waals surface area (Å²) in [5.41, 5.74) is 4.86. The number of nitro benzene ring substituents is 1. The molecule has 1 amide bonds. The number of nitro groups is 1.